The lowest BCUT2D eigenvalue weighted by Gasteiger charge is -2.16. The zero-order valence-corrected chi connectivity index (χ0v) is 12.3. The van der Waals surface area contributed by atoms with Crippen molar-refractivity contribution >= 4 is 11.3 Å². The molecule has 0 aliphatic rings. The van der Waals surface area contributed by atoms with Crippen molar-refractivity contribution in [3.8, 4) is 0 Å². The molecular weight excluding hydrogens is 283 g/mol. The minimum Gasteiger partial charge on any atom is -0.320 e. The summed E-state index contributed by atoms with van der Waals surface area (Å²) in [7, 11) is 0. The van der Waals surface area contributed by atoms with Crippen molar-refractivity contribution in [1.82, 2.24) is 0 Å². The van der Waals surface area contributed by atoms with Gasteiger partial charge in [0.1, 0.15) is 0 Å². The molecule has 0 fully saturated rings. The predicted octanol–water partition coefficient (Wildman–Crippen LogP) is 4.51. The molecule has 1 nitrogen and oxygen atoms in total. The van der Waals surface area contributed by atoms with Crippen LogP contribution in [0.2, 0.25) is 0 Å². The van der Waals surface area contributed by atoms with Crippen LogP contribution in [0.3, 0.4) is 0 Å². The first-order valence-electron chi connectivity index (χ1n) is 6.21. The van der Waals surface area contributed by atoms with Gasteiger partial charge in [0.15, 0.2) is 17.5 Å². The molecule has 0 saturated heterocycles. The van der Waals surface area contributed by atoms with E-state index in [1.807, 2.05) is 6.07 Å². The van der Waals surface area contributed by atoms with E-state index < -0.39 is 23.5 Å². The smallest absolute Gasteiger partial charge is 0.194 e. The summed E-state index contributed by atoms with van der Waals surface area (Å²) >= 11 is 1.45. The van der Waals surface area contributed by atoms with E-state index in [1.54, 1.807) is 6.07 Å². The molecule has 1 unspecified atom stereocenters. The van der Waals surface area contributed by atoms with Crippen molar-refractivity contribution in [2.75, 3.05) is 0 Å². The van der Waals surface area contributed by atoms with Crippen molar-refractivity contribution in [1.29, 1.82) is 0 Å². The summed E-state index contributed by atoms with van der Waals surface area (Å²) in [6.45, 7) is 6.19. The highest BCUT2D eigenvalue weighted by atomic mass is 32.1. The zero-order chi connectivity index (χ0) is 15.1. The summed E-state index contributed by atoms with van der Waals surface area (Å²) < 4.78 is 39.9. The molecule has 1 heterocycles. The fraction of sp³-hybridized carbons (Fsp3) is 0.333. The third-order valence-electron chi connectivity index (χ3n) is 3.07. The quantitative estimate of drug-likeness (QED) is 0.811. The molecule has 0 bridgehead atoms. The first kappa shape index (κ1) is 15.1. The van der Waals surface area contributed by atoms with Gasteiger partial charge in [-0.25, -0.2) is 13.2 Å². The van der Waals surface area contributed by atoms with E-state index in [4.69, 9.17) is 5.73 Å². The van der Waals surface area contributed by atoms with Gasteiger partial charge in [-0.1, -0.05) is 26.8 Å². The molecule has 5 heteroatoms. The average Bonchev–Trinajstić information content (AvgIpc) is 2.85. The number of hydrogen-bond acceptors (Lipinski definition) is 2. The fourth-order valence-corrected chi connectivity index (χ4v) is 2.94. The van der Waals surface area contributed by atoms with Crippen LogP contribution in [0.25, 0.3) is 0 Å². The lowest BCUT2D eigenvalue weighted by molar-refractivity contribution is 0.439. The van der Waals surface area contributed by atoms with Gasteiger partial charge in [0.2, 0.25) is 0 Å². The number of thiophene rings is 1. The topological polar surface area (TPSA) is 26.0 Å². The molecule has 0 aliphatic heterocycles. The molecule has 0 aliphatic carbocycles. The van der Waals surface area contributed by atoms with Gasteiger partial charge in [-0.15, -0.1) is 11.3 Å². The summed E-state index contributed by atoms with van der Waals surface area (Å²) in [4.78, 5) is 1.82. The van der Waals surface area contributed by atoms with Gasteiger partial charge in [0, 0.05) is 15.3 Å². The van der Waals surface area contributed by atoms with Crippen molar-refractivity contribution in [3.63, 3.8) is 0 Å². The average molecular weight is 299 g/mol. The monoisotopic (exact) mass is 299 g/mol. The molecular formula is C15H16F3NS. The Bertz CT molecular complexity index is 629. The third-order valence-corrected chi connectivity index (χ3v) is 4.67. The second-order valence-corrected chi connectivity index (χ2v) is 6.81. The third kappa shape index (κ3) is 2.74. The number of hydrogen-bond donors (Lipinski definition) is 1. The van der Waals surface area contributed by atoms with Crippen molar-refractivity contribution in [2.24, 2.45) is 5.73 Å². The van der Waals surface area contributed by atoms with Gasteiger partial charge in [0.05, 0.1) is 6.04 Å². The van der Waals surface area contributed by atoms with Crippen LogP contribution in [-0.4, -0.2) is 0 Å². The zero-order valence-electron chi connectivity index (χ0n) is 11.5. The Hall–Kier alpha value is -1.33. The Morgan fingerprint density at radius 1 is 1.00 bits per heavy atom. The summed E-state index contributed by atoms with van der Waals surface area (Å²) in [5, 5.41) is 0. The standard InChI is InChI=1S/C15H16F3NS/c1-15(2,3)11-7-6-10(20-11)14(19)8-4-5-9(16)13(18)12(8)17/h4-7,14H,19H2,1-3H3. The first-order valence-corrected chi connectivity index (χ1v) is 7.02. The molecule has 0 saturated carbocycles. The molecule has 1 aromatic heterocycles. The van der Waals surface area contributed by atoms with E-state index >= 15 is 0 Å². The molecule has 0 radical (unpaired) electrons. The molecule has 0 spiro atoms. The molecule has 1 atom stereocenters. The van der Waals surface area contributed by atoms with Gasteiger partial charge >= 0.3 is 0 Å². The second-order valence-electron chi connectivity index (χ2n) is 5.69. The highest BCUT2D eigenvalue weighted by Gasteiger charge is 2.23. The van der Waals surface area contributed by atoms with E-state index in [0.717, 1.165) is 15.8 Å². The summed E-state index contributed by atoms with van der Waals surface area (Å²) in [6.07, 6.45) is 0. The van der Waals surface area contributed by atoms with Crippen LogP contribution < -0.4 is 5.73 Å². The maximum Gasteiger partial charge on any atom is 0.194 e. The maximum absolute atomic E-state index is 13.7. The Morgan fingerprint density at radius 3 is 2.20 bits per heavy atom. The molecule has 2 rings (SSSR count). The van der Waals surface area contributed by atoms with Gasteiger partial charge in [-0.2, -0.15) is 0 Å². The molecule has 0 amide bonds. The van der Waals surface area contributed by atoms with Crippen LogP contribution in [0, 0.1) is 17.5 Å². The first-order chi connectivity index (χ1) is 9.21. The SMILES string of the molecule is CC(C)(C)c1ccc(C(N)c2ccc(F)c(F)c2F)s1. The lowest BCUT2D eigenvalue weighted by atomic mass is 9.95. The minimum absolute atomic E-state index is 0.0325. The van der Waals surface area contributed by atoms with Crippen molar-refractivity contribution in [3.05, 3.63) is 57.0 Å². The highest BCUT2D eigenvalue weighted by molar-refractivity contribution is 7.12. The van der Waals surface area contributed by atoms with E-state index in [9.17, 15) is 13.2 Å². The molecule has 2 aromatic rings. The van der Waals surface area contributed by atoms with Gasteiger partial charge in [0.25, 0.3) is 0 Å². The van der Waals surface area contributed by atoms with Crippen LogP contribution in [0.1, 0.15) is 42.1 Å². The Labute approximate surface area is 120 Å². The van der Waals surface area contributed by atoms with Crippen LogP contribution in [0.5, 0.6) is 0 Å². The normalized spacial score (nSPS) is 13.6. The molecule has 2 N–H and O–H groups in total. The van der Waals surface area contributed by atoms with Crippen LogP contribution in [0.4, 0.5) is 13.2 Å². The van der Waals surface area contributed by atoms with E-state index in [2.05, 4.69) is 20.8 Å². The Balaban J connectivity index is 2.39. The van der Waals surface area contributed by atoms with E-state index in [1.165, 1.54) is 17.4 Å². The largest absolute Gasteiger partial charge is 0.320 e. The molecule has 1 aromatic carbocycles. The Morgan fingerprint density at radius 2 is 1.65 bits per heavy atom. The van der Waals surface area contributed by atoms with Crippen molar-refractivity contribution in [2.45, 2.75) is 32.2 Å². The highest BCUT2D eigenvalue weighted by Crippen LogP contribution is 2.34. The van der Waals surface area contributed by atoms with Gasteiger partial charge < -0.3 is 5.73 Å². The van der Waals surface area contributed by atoms with Gasteiger partial charge in [-0.05, 0) is 23.6 Å². The second kappa shape index (κ2) is 5.22. The van der Waals surface area contributed by atoms with E-state index in [-0.39, 0.29) is 11.0 Å². The lowest BCUT2D eigenvalue weighted by Crippen LogP contribution is -2.14. The van der Waals surface area contributed by atoms with Crippen LogP contribution >= 0.6 is 11.3 Å². The summed E-state index contributed by atoms with van der Waals surface area (Å²) in [6, 6.07) is 5.01. The molecule has 108 valence electrons. The number of rotatable bonds is 2. The Kier molecular flexibility index (Phi) is 3.93. The van der Waals surface area contributed by atoms with Crippen molar-refractivity contribution < 1.29 is 13.2 Å². The fourth-order valence-electron chi connectivity index (χ4n) is 1.86. The van der Waals surface area contributed by atoms with Gasteiger partial charge in [-0.3, -0.25) is 0 Å². The predicted molar refractivity (Wildman–Crippen MR) is 75.4 cm³/mol. The molecule has 20 heavy (non-hydrogen) atoms. The minimum atomic E-state index is -1.48. The van der Waals surface area contributed by atoms with Crippen LogP contribution in [0.15, 0.2) is 24.3 Å². The number of benzene rings is 1. The number of halogens is 3. The summed E-state index contributed by atoms with van der Waals surface area (Å²) in [5.74, 6) is -3.91. The summed E-state index contributed by atoms with van der Waals surface area (Å²) in [5.41, 5.74) is 5.91. The maximum atomic E-state index is 13.7. The van der Waals surface area contributed by atoms with Crippen LogP contribution in [-0.2, 0) is 5.41 Å². The number of nitrogens with two attached hydrogens (primary N) is 1. The van der Waals surface area contributed by atoms with E-state index in [0.29, 0.717) is 0 Å².